The highest BCUT2D eigenvalue weighted by Crippen LogP contribution is 2.21. The normalized spacial score (nSPS) is 15.4. The summed E-state index contributed by atoms with van der Waals surface area (Å²) in [4.78, 5) is 29.2. The maximum Gasteiger partial charge on any atom is 0.251 e. The molecule has 2 amide bonds. The van der Waals surface area contributed by atoms with Gasteiger partial charge in [-0.3, -0.25) is 9.59 Å². The van der Waals surface area contributed by atoms with Crippen LogP contribution in [0.1, 0.15) is 24.2 Å². The van der Waals surface area contributed by atoms with Crippen LogP contribution in [0.5, 0.6) is 0 Å². The second-order valence-corrected chi connectivity index (χ2v) is 7.32. The van der Waals surface area contributed by atoms with Gasteiger partial charge in [0, 0.05) is 31.7 Å². The quantitative estimate of drug-likeness (QED) is 0.864. The molecule has 2 aromatic carbocycles. The summed E-state index contributed by atoms with van der Waals surface area (Å²) in [5.41, 5.74) is 1.10. The second kappa shape index (κ2) is 8.87. The number of halogens is 1. The summed E-state index contributed by atoms with van der Waals surface area (Å²) in [6, 6.07) is 15.0. The molecule has 1 saturated heterocycles. The average molecular weight is 383 g/mol. The smallest absolute Gasteiger partial charge is 0.251 e. The number of hydrogen-bond donors (Lipinski definition) is 1. The summed E-state index contributed by atoms with van der Waals surface area (Å²) in [5.74, 6) is -0.632. The minimum atomic E-state index is -0.590. The van der Waals surface area contributed by atoms with Gasteiger partial charge < -0.3 is 15.1 Å². The van der Waals surface area contributed by atoms with Crippen LogP contribution >= 0.6 is 0 Å². The molecule has 28 heavy (non-hydrogen) atoms. The van der Waals surface area contributed by atoms with Gasteiger partial charge in [0.05, 0.1) is 5.69 Å². The number of hydrogen-bond acceptors (Lipinski definition) is 3. The number of para-hydroxylation sites is 1. The molecular weight excluding hydrogens is 357 g/mol. The Labute approximate surface area is 165 Å². The maximum atomic E-state index is 14.0. The van der Waals surface area contributed by atoms with Gasteiger partial charge in [0.1, 0.15) is 11.9 Å². The van der Waals surface area contributed by atoms with E-state index >= 15 is 0 Å². The molecule has 1 atom stereocenters. The van der Waals surface area contributed by atoms with Gasteiger partial charge in [-0.1, -0.05) is 44.2 Å². The number of carbonyl (C=O) groups excluding carboxylic acids is 2. The number of nitrogens with zero attached hydrogens (tertiary/aromatic N) is 2. The monoisotopic (exact) mass is 383 g/mol. The van der Waals surface area contributed by atoms with Gasteiger partial charge in [-0.25, -0.2) is 4.39 Å². The molecule has 0 bridgehead atoms. The lowest BCUT2D eigenvalue weighted by atomic mass is 10.0. The van der Waals surface area contributed by atoms with Crippen LogP contribution < -0.4 is 10.2 Å². The summed E-state index contributed by atoms with van der Waals surface area (Å²) in [7, 11) is 0. The largest absolute Gasteiger partial charge is 0.366 e. The van der Waals surface area contributed by atoms with Crippen molar-refractivity contribution in [2.75, 3.05) is 31.1 Å². The van der Waals surface area contributed by atoms with Gasteiger partial charge in [0.2, 0.25) is 5.91 Å². The van der Waals surface area contributed by atoms with Gasteiger partial charge in [0.25, 0.3) is 5.91 Å². The van der Waals surface area contributed by atoms with Crippen LogP contribution in [0.2, 0.25) is 0 Å². The first-order valence-electron chi connectivity index (χ1n) is 9.61. The van der Waals surface area contributed by atoms with Crippen LogP contribution in [0.4, 0.5) is 10.1 Å². The molecule has 6 heteroatoms. The van der Waals surface area contributed by atoms with E-state index in [9.17, 15) is 14.0 Å². The molecule has 1 heterocycles. The zero-order valence-corrected chi connectivity index (χ0v) is 16.3. The van der Waals surface area contributed by atoms with Crippen molar-refractivity contribution in [3.63, 3.8) is 0 Å². The maximum absolute atomic E-state index is 14.0. The number of anilines is 1. The third-order valence-electron chi connectivity index (χ3n) is 5.04. The van der Waals surface area contributed by atoms with Gasteiger partial charge in [-0.2, -0.15) is 0 Å². The summed E-state index contributed by atoms with van der Waals surface area (Å²) in [6.07, 6.45) is 0. The van der Waals surface area contributed by atoms with Crippen molar-refractivity contribution in [2.45, 2.75) is 19.9 Å². The highest BCUT2D eigenvalue weighted by molar-refractivity contribution is 5.97. The van der Waals surface area contributed by atoms with Crippen LogP contribution in [0, 0.1) is 11.7 Å². The first-order chi connectivity index (χ1) is 13.5. The van der Waals surface area contributed by atoms with Gasteiger partial charge in [0.15, 0.2) is 0 Å². The number of amides is 2. The summed E-state index contributed by atoms with van der Waals surface area (Å²) in [5, 5.41) is 2.88. The van der Waals surface area contributed by atoms with Gasteiger partial charge in [-0.15, -0.1) is 0 Å². The molecular formula is C22H26FN3O2. The molecule has 0 radical (unpaired) electrons. The molecule has 0 spiro atoms. The van der Waals surface area contributed by atoms with Crippen LogP contribution in [0.3, 0.4) is 0 Å². The molecule has 0 aromatic heterocycles. The molecule has 3 rings (SSSR count). The lowest BCUT2D eigenvalue weighted by molar-refractivity contribution is -0.134. The van der Waals surface area contributed by atoms with E-state index in [-0.39, 0.29) is 23.5 Å². The third kappa shape index (κ3) is 4.50. The fourth-order valence-corrected chi connectivity index (χ4v) is 3.40. The zero-order chi connectivity index (χ0) is 20.1. The molecule has 1 aliphatic rings. The minimum absolute atomic E-state index is 0.0373. The molecule has 1 N–H and O–H groups in total. The molecule has 148 valence electrons. The van der Waals surface area contributed by atoms with Crippen molar-refractivity contribution in [3.8, 4) is 0 Å². The number of rotatable bonds is 5. The molecule has 0 saturated carbocycles. The zero-order valence-electron chi connectivity index (χ0n) is 16.3. The summed E-state index contributed by atoms with van der Waals surface area (Å²) in [6.45, 7) is 5.95. The van der Waals surface area contributed by atoms with E-state index in [1.54, 1.807) is 41.3 Å². The molecule has 1 unspecified atom stereocenters. The van der Waals surface area contributed by atoms with Crippen molar-refractivity contribution < 1.29 is 14.0 Å². The first kappa shape index (κ1) is 19.9. The summed E-state index contributed by atoms with van der Waals surface area (Å²) >= 11 is 0. The predicted octanol–water partition coefficient (Wildman–Crippen LogP) is 2.93. The summed E-state index contributed by atoms with van der Waals surface area (Å²) < 4.78 is 14.0. The molecule has 2 aromatic rings. The van der Waals surface area contributed by atoms with Crippen LogP contribution in [-0.4, -0.2) is 48.9 Å². The number of piperazine rings is 1. The second-order valence-electron chi connectivity index (χ2n) is 7.32. The van der Waals surface area contributed by atoms with Crippen molar-refractivity contribution in [3.05, 3.63) is 66.0 Å². The molecule has 0 aliphatic carbocycles. The number of carbonyl (C=O) groups is 2. The van der Waals surface area contributed by atoms with E-state index < -0.39 is 6.04 Å². The Morgan fingerprint density at radius 2 is 1.54 bits per heavy atom. The molecule has 5 nitrogen and oxygen atoms in total. The van der Waals surface area contributed by atoms with Crippen LogP contribution in [0.15, 0.2) is 54.6 Å². The van der Waals surface area contributed by atoms with Crippen molar-refractivity contribution in [1.29, 1.82) is 0 Å². The fourth-order valence-electron chi connectivity index (χ4n) is 3.40. The highest BCUT2D eigenvalue weighted by atomic mass is 19.1. The molecule has 1 fully saturated rings. The SMILES string of the molecule is CC(C)C(NC(=O)c1ccccc1)C(=O)N1CCN(c2ccccc2F)CC1. The number of nitrogens with one attached hydrogen (secondary N) is 1. The lowest BCUT2D eigenvalue weighted by Crippen LogP contribution is -2.56. The van der Waals surface area contributed by atoms with Crippen LogP contribution in [-0.2, 0) is 4.79 Å². The van der Waals surface area contributed by atoms with E-state index in [1.807, 2.05) is 30.9 Å². The van der Waals surface area contributed by atoms with E-state index in [4.69, 9.17) is 0 Å². The first-order valence-corrected chi connectivity index (χ1v) is 9.61. The van der Waals surface area contributed by atoms with Gasteiger partial charge in [-0.05, 0) is 30.2 Å². The minimum Gasteiger partial charge on any atom is -0.366 e. The van der Waals surface area contributed by atoms with Crippen molar-refractivity contribution >= 4 is 17.5 Å². The fraction of sp³-hybridized carbons (Fsp3) is 0.364. The Bertz CT molecular complexity index is 818. The Balaban J connectivity index is 1.63. The topological polar surface area (TPSA) is 52.7 Å². The number of benzene rings is 2. The van der Waals surface area contributed by atoms with E-state index in [0.717, 1.165) is 0 Å². The molecule has 1 aliphatic heterocycles. The highest BCUT2D eigenvalue weighted by Gasteiger charge is 2.31. The Morgan fingerprint density at radius 3 is 2.14 bits per heavy atom. The Kier molecular flexibility index (Phi) is 6.29. The van der Waals surface area contributed by atoms with Gasteiger partial charge >= 0.3 is 0 Å². The Hall–Kier alpha value is -2.89. The van der Waals surface area contributed by atoms with E-state index in [1.165, 1.54) is 6.07 Å². The standard InChI is InChI=1S/C22H26FN3O2/c1-16(2)20(24-21(27)17-8-4-3-5-9-17)22(28)26-14-12-25(13-15-26)19-11-7-6-10-18(19)23/h3-11,16,20H,12-15H2,1-2H3,(H,24,27). The van der Waals surface area contributed by atoms with Crippen molar-refractivity contribution in [2.24, 2.45) is 5.92 Å². The average Bonchev–Trinajstić information content (AvgIpc) is 2.72. The van der Waals surface area contributed by atoms with E-state index in [2.05, 4.69) is 5.32 Å². The predicted molar refractivity (Wildman–Crippen MR) is 108 cm³/mol. The Morgan fingerprint density at radius 1 is 0.929 bits per heavy atom. The van der Waals surface area contributed by atoms with Crippen molar-refractivity contribution in [1.82, 2.24) is 10.2 Å². The lowest BCUT2D eigenvalue weighted by Gasteiger charge is -2.38. The van der Waals surface area contributed by atoms with E-state index in [0.29, 0.717) is 37.4 Å². The third-order valence-corrected chi connectivity index (χ3v) is 5.04. The van der Waals surface area contributed by atoms with Crippen LogP contribution in [0.25, 0.3) is 0 Å².